The van der Waals surface area contributed by atoms with Crippen molar-refractivity contribution in [1.29, 1.82) is 0 Å². The summed E-state index contributed by atoms with van der Waals surface area (Å²) in [6.07, 6.45) is 1.05. The number of amides is 2. The van der Waals surface area contributed by atoms with Crippen molar-refractivity contribution in [1.82, 2.24) is 20.8 Å². The van der Waals surface area contributed by atoms with Gasteiger partial charge in [0.15, 0.2) is 5.82 Å². The van der Waals surface area contributed by atoms with E-state index in [1.807, 2.05) is 0 Å². The molecule has 1 aromatic heterocycles. The molecule has 1 saturated heterocycles. The fraction of sp³-hybridized carbons (Fsp3) is 0.333. The van der Waals surface area contributed by atoms with Gasteiger partial charge >= 0.3 is 0 Å². The van der Waals surface area contributed by atoms with Crippen LogP contribution in [0.5, 0.6) is 0 Å². The molecule has 0 radical (unpaired) electrons. The third-order valence-corrected chi connectivity index (χ3v) is 3.98. The molecular formula is C15H14ClFN4O3. The summed E-state index contributed by atoms with van der Waals surface area (Å²) < 4.78 is 18.1. The van der Waals surface area contributed by atoms with E-state index in [-0.39, 0.29) is 34.8 Å². The third-order valence-electron chi connectivity index (χ3n) is 3.67. The molecule has 9 heteroatoms. The molecule has 126 valence electrons. The molecule has 2 aromatic rings. The van der Waals surface area contributed by atoms with E-state index in [0.29, 0.717) is 18.8 Å². The van der Waals surface area contributed by atoms with E-state index in [1.165, 1.54) is 6.07 Å². The van der Waals surface area contributed by atoms with Crippen LogP contribution in [0.15, 0.2) is 22.7 Å². The highest BCUT2D eigenvalue weighted by Crippen LogP contribution is 2.23. The van der Waals surface area contributed by atoms with E-state index >= 15 is 0 Å². The summed E-state index contributed by atoms with van der Waals surface area (Å²) in [4.78, 5) is 27.6. The highest BCUT2D eigenvalue weighted by molar-refractivity contribution is 6.33. The van der Waals surface area contributed by atoms with Crippen LogP contribution >= 0.6 is 11.6 Å². The quantitative estimate of drug-likeness (QED) is 0.874. The van der Waals surface area contributed by atoms with Gasteiger partial charge in [-0.05, 0) is 24.6 Å². The van der Waals surface area contributed by atoms with Crippen LogP contribution in [0.25, 0.3) is 0 Å². The number of hydrogen-bond acceptors (Lipinski definition) is 5. The number of rotatable bonds is 4. The smallest absolute Gasteiger partial charge is 0.253 e. The topological polar surface area (TPSA) is 97.1 Å². The fourth-order valence-electron chi connectivity index (χ4n) is 2.43. The maximum atomic E-state index is 13.0. The number of aromatic nitrogens is 2. The lowest BCUT2D eigenvalue weighted by atomic mass is 9.97. The molecule has 1 atom stereocenters. The molecule has 1 aliphatic heterocycles. The second kappa shape index (κ2) is 6.96. The Bertz CT molecular complexity index is 780. The van der Waals surface area contributed by atoms with E-state index in [4.69, 9.17) is 16.1 Å². The van der Waals surface area contributed by atoms with Crippen LogP contribution in [0, 0.1) is 5.82 Å². The number of piperidine rings is 1. The maximum absolute atomic E-state index is 13.0. The zero-order chi connectivity index (χ0) is 17.1. The highest BCUT2D eigenvalue weighted by atomic mass is 35.5. The number of nitrogens with one attached hydrogen (secondary N) is 2. The highest BCUT2D eigenvalue weighted by Gasteiger charge is 2.25. The van der Waals surface area contributed by atoms with Gasteiger partial charge in [0.25, 0.3) is 5.91 Å². The second-order valence-electron chi connectivity index (χ2n) is 5.39. The van der Waals surface area contributed by atoms with Gasteiger partial charge in [-0.3, -0.25) is 9.59 Å². The van der Waals surface area contributed by atoms with Gasteiger partial charge in [-0.15, -0.1) is 0 Å². The average Bonchev–Trinajstić information content (AvgIpc) is 3.01. The molecule has 1 unspecified atom stereocenters. The maximum Gasteiger partial charge on any atom is 0.253 e. The third kappa shape index (κ3) is 3.70. The number of halogens is 2. The van der Waals surface area contributed by atoms with Crippen LogP contribution < -0.4 is 10.6 Å². The molecular weight excluding hydrogens is 339 g/mol. The summed E-state index contributed by atoms with van der Waals surface area (Å²) in [6, 6.07) is 3.52. The lowest BCUT2D eigenvalue weighted by molar-refractivity contribution is -0.122. The van der Waals surface area contributed by atoms with Gasteiger partial charge in [-0.25, -0.2) is 4.39 Å². The molecule has 2 N–H and O–H groups in total. The van der Waals surface area contributed by atoms with Crippen LogP contribution in [0.1, 0.15) is 40.8 Å². The summed E-state index contributed by atoms with van der Waals surface area (Å²) in [5.74, 6) is -0.446. The van der Waals surface area contributed by atoms with Crippen molar-refractivity contribution in [3.63, 3.8) is 0 Å². The average molecular weight is 353 g/mol. The molecule has 0 spiro atoms. The molecule has 1 aromatic carbocycles. The minimum absolute atomic E-state index is 0.0124. The Kier molecular flexibility index (Phi) is 4.75. The van der Waals surface area contributed by atoms with E-state index in [0.717, 1.165) is 18.6 Å². The van der Waals surface area contributed by atoms with Gasteiger partial charge in [0.1, 0.15) is 5.82 Å². The molecule has 0 saturated carbocycles. The van der Waals surface area contributed by atoms with E-state index < -0.39 is 11.7 Å². The van der Waals surface area contributed by atoms with Crippen molar-refractivity contribution >= 4 is 23.4 Å². The molecule has 7 nitrogen and oxygen atoms in total. The summed E-state index contributed by atoms with van der Waals surface area (Å²) in [5, 5.41) is 9.20. The first-order valence-corrected chi connectivity index (χ1v) is 7.73. The summed E-state index contributed by atoms with van der Waals surface area (Å²) in [6.45, 7) is 0.589. The van der Waals surface area contributed by atoms with Gasteiger partial charge < -0.3 is 15.2 Å². The Hall–Kier alpha value is -2.48. The van der Waals surface area contributed by atoms with E-state index in [9.17, 15) is 14.0 Å². The Morgan fingerprint density at radius 3 is 3.08 bits per heavy atom. The lowest BCUT2D eigenvalue weighted by Gasteiger charge is -2.18. The molecule has 0 bridgehead atoms. The zero-order valence-corrected chi connectivity index (χ0v) is 13.3. The standard InChI is InChI=1S/C15H14ClFN4O3/c16-11-6-9(17)1-2-10(11)15(23)19-7-13-20-14(21-24-13)8-3-4-18-12(22)5-8/h1-2,6,8H,3-5,7H2,(H,18,22)(H,19,23). The molecule has 24 heavy (non-hydrogen) atoms. The van der Waals surface area contributed by atoms with Crippen LogP contribution in [0.2, 0.25) is 5.02 Å². The predicted octanol–water partition coefficient (Wildman–Crippen LogP) is 1.79. The van der Waals surface area contributed by atoms with Crippen molar-refractivity contribution in [2.75, 3.05) is 6.54 Å². The summed E-state index contributed by atoms with van der Waals surface area (Å²) in [5.41, 5.74) is 0.154. The Morgan fingerprint density at radius 2 is 2.33 bits per heavy atom. The number of carbonyl (C=O) groups is 2. The van der Waals surface area contributed by atoms with Gasteiger partial charge in [0.05, 0.1) is 17.1 Å². The minimum Gasteiger partial charge on any atom is -0.356 e. The van der Waals surface area contributed by atoms with Gasteiger partial charge in [0.2, 0.25) is 11.8 Å². The van der Waals surface area contributed by atoms with Crippen molar-refractivity contribution in [2.45, 2.75) is 25.3 Å². The number of benzene rings is 1. The molecule has 1 fully saturated rings. The number of nitrogens with zero attached hydrogens (tertiary/aromatic N) is 2. The fourth-order valence-corrected chi connectivity index (χ4v) is 2.69. The normalized spacial score (nSPS) is 17.4. The van der Waals surface area contributed by atoms with Crippen LogP contribution in [-0.4, -0.2) is 28.5 Å². The van der Waals surface area contributed by atoms with E-state index in [2.05, 4.69) is 20.8 Å². The first kappa shape index (κ1) is 16.4. The van der Waals surface area contributed by atoms with Crippen LogP contribution in [0.3, 0.4) is 0 Å². The monoisotopic (exact) mass is 352 g/mol. The number of carbonyl (C=O) groups excluding carboxylic acids is 2. The van der Waals surface area contributed by atoms with Crippen molar-refractivity contribution in [2.24, 2.45) is 0 Å². The molecule has 0 aliphatic carbocycles. The molecule has 3 rings (SSSR count). The van der Waals surface area contributed by atoms with Gasteiger partial charge in [0, 0.05) is 18.9 Å². The minimum atomic E-state index is -0.519. The predicted molar refractivity (Wildman–Crippen MR) is 81.9 cm³/mol. The first-order chi connectivity index (χ1) is 11.5. The van der Waals surface area contributed by atoms with Crippen molar-refractivity contribution in [3.8, 4) is 0 Å². The van der Waals surface area contributed by atoms with Gasteiger partial charge in [-0.1, -0.05) is 16.8 Å². The van der Waals surface area contributed by atoms with Crippen LogP contribution in [-0.2, 0) is 11.3 Å². The molecule has 2 amide bonds. The Labute approximate surface area is 141 Å². The Morgan fingerprint density at radius 1 is 1.50 bits per heavy atom. The second-order valence-corrected chi connectivity index (χ2v) is 5.80. The van der Waals surface area contributed by atoms with Crippen molar-refractivity contribution in [3.05, 3.63) is 46.3 Å². The van der Waals surface area contributed by atoms with E-state index in [1.54, 1.807) is 0 Å². The Balaban J connectivity index is 1.61. The zero-order valence-electron chi connectivity index (χ0n) is 12.5. The molecule has 2 heterocycles. The van der Waals surface area contributed by atoms with Gasteiger partial charge in [-0.2, -0.15) is 4.98 Å². The SMILES string of the molecule is O=C1CC(c2noc(CNC(=O)c3ccc(F)cc3Cl)n2)CCN1. The lowest BCUT2D eigenvalue weighted by Crippen LogP contribution is -2.32. The largest absolute Gasteiger partial charge is 0.356 e. The number of hydrogen-bond donors (Lipinski definition) is 2. The summed E-state index contributed by atoms with van der Waals surface area (Å²) in [7, 11) is 0. The summed E-state index contributed by atoms with van der Waals surface area (Å²) >= 11 is 5.84. The van der Waals surface area contributed by atoms with Crippen LogP contribution in [0.4, 0.5) is 4.39 Å². The molecule has 1 aliphatic rings. The van der Waals surface area contributed by atoms with Crippen molar-refractivity contribution < 1.29 is 18.5 Å². The first-order valence-electron chi connectivity index (χ1n) is 7.35.